The highest BCUT2D eigenvalue weighted by Gasteiger charge is 2.17. The van der Waals surface area contributed by atoms with Gasteiger partial charge in [0.15, 0.2) is 0 Å². The first kappa shape index (κ1) is 30.5. The molecule has 0 spiro atoms. The molecule has 3 atom stereocenters. The van der Waals surface area contributed by atoms with Crippen molar-refractivity contribution in [2.45, 2.75) is 44.7 Å². The molecule has 0 unspecified atom stereocenters. The second kappa shape index (κ2) is 29.5. The Morgan fingerprint density at radius 1 is 0.889 bits per heavy atom. The highest BCUT2D eigenvalue weighted by atomic mass is 32.1. The van der Waals surface area contributed by atoms with Crippen molar-refractivity contribution in [1.29, 1.82) is 0 Å². The Morgan fingerprint density at radius 3 is 1.53 bits per heavy atom. The Hall–Kier alpha value is -1.76. The number of nitrogens with one attached hydrogen (secondary N) is 2. The number of methoxy groups -OCH3 is 2. The molecule has 11 N–H and O–H groups in total. The lowest BCUT2D eigenvalue weighted by Crippen LogP contribution is -2.44. The van der Waals surface area contributed by atoms with Gasteiger partial charge in [0.2, 0.25) is 17.7 Å². The molecule has 1 aliphatic rings. The monoisotopic (exact) mass is 587 g/mol. The lowest BCUT2D eigenvalue weighted by molar-refractivity contribution is -0.144. The lowest BCUT2D eigenvalue weighted by Gasteiger charge is -2.11. The normalized spacial score (nSPS) is 16.4. The summed E-state index contributed by atoms with van der Waals surface area (Å²) in [6, 6.07) is -2.66. The van der Waals surface area contributed by atoms with Crippen molar-refractivity contribution in [2.75, 3.05) is 44.7 Å². The number of carbonyl (C=O) groups excluding carboxylic acids is 5. The van der Waals surface area contributed by atoms with Crippen LogP contribution in [0.5, 0.6) is 0 Å². The average molecular weight is 588 g/mol. The average Bonchev–Trinajstić information content (AvgIpc) is 3.48. The van der Waals surface area contributed by atoms with Crippen molar-refractivity contribution < 1.29 is 51.9 Å². The molecule has 0 aromatic heterocycles. The van der Waals surface area contributed by atoms with Crippen LogP contribution in [-0.4, -0.2) is 98.0 Å². The van der Waals surface area contributed by atoms with Crippen LogP contribution >= 0.6 is 37.9 Å². The van der Waals surface area contributed by atoms with Crippen molar-refractivity contribution in [3.63, 3.8) is 0 Å². The Balaban J connectivity index is -0.000000150. The van der Waals surface area contributed by atoms with Gasteiger partial charge >= 0.3 is 11.9 Å². The zero-order valence-corrected chi connectivity index (χ0v) is 22.8. The molecule has 14 nitrogen and oxygen atoms in total. The molecule has 0 aliphatic carbocycles. The molecular formula is C19H43N5O9S3. The second-order valence-corrected chi connectivity index (χ2v) is 7.07. The van der Waals surface area contributed by atoms with Crippen LogP contribution in [0.25, 0.3) is 0 Å². The van der Waals surface area contributed by atoms with Crippen LogP contribution in [-0.2, 0) is 38.2 Å². The lowest BCUT2D eigenvalue weighted by atomic mass is 10.3. The highest BCUT2D eigenvalue weighted by Crippen LogP contribution is 1.98. The summed E-state index contributed by atoms with van der Waals surface area (Å²) in [5.74, 6) is -4.07. The summed E-state index contributed by atoms with van der Waals surface area (Å²) in [6.45, 7) is -3.54. The minimum absolute atomic E-state index is 0. The van der Waals surface area contributed by atoms with E-state index >= 15 is 0 Å². The number of carbonyl (C=O) groups is 5. The molecule has 1 saturated heterocycles. The van der Waals surface area contributed by atoms with Gasteiger partial charge in [-0.2, -0.15) is 37.9 Å². The molecule has 1 heterocycles. The molecule has 1 aliphatic heterocycles. The predicted octanol–water partition coefficient (Wildman–Crippen LogP) is -1.95. The molecule has 0 bridgehead atoms. The van der Waals surface area contributed by atoms with Crippen molar-refractivity contribution in [3.05, 3.63) is 0 Å². The summed E-state index contributed by atoms with van der Waals surface area (Å²) in [5, 5.41) is 3.96. The maximum absolute atomic E-state index is 10.9. The van der Waals surface area contributed by atoms with Crippen LogP contribution in [0, 0.1) is 0 Å². The van der Waals surface area contributed by atoms with Gasteiger partial charge in [0.05, 0.1) is 14.2 Å². The Bertz CT molecular complexity index is 788. The van der Waals surface area contributed by atoms with Crippen molar-refractivity contribution in [2.24, 2.45) is 11.5 Å². The molecule has 36 heavy (non-hydrogen) atoms. The van der Waals surface area contributed by atoms with E-state index in [-0.39, 0.29) is 23.1 Å². The number of hydrogen-bond donors (Lipinski definition) is 8. The predicted molar refractivity (Wildman–Crippen MR) is 147 cm³/mol. The smallest absolute Gasteiger partial charge is 0.329 e. The number of primary amides is 1. The van der Waals surface area contributed by atoms with E-state index in [1.54, 1.807) is 0 Å². The van der Waals surface area contributed by atoms with E-state index in [2.05, 4.69) is 47.4 Å². The van der Waals surface area contributed by atoms with Crippen LogP contribution in [0.3, 0.4) is 0 Å². The van der Waals surface area contributed by atoms with Crippen LogP contribution < -0.4 is 28.3 Å². The van der Waals surface area contributed by atoms with Crippen molar-refractivity contribution >= 4 is 67.5 Å². The maximum Gasteiger partial charge on any atom is 0.329 e. The van der Waals surface area contributed by atoms with Gasteiger partial charge in [-0.1, -0.05) is 0 Å². The second-order valence-electron chi connectivity index (χ2n) is 5.97. The fraction of sp³-hybridized carbons (Fsp3) is 0.737. The fourth-order valence-corrected chi connectivity index (χ4v) is 2.24. The zero-order chi connectivity index (χ0) is 32.1. The van der Waals surface area contributed by atoms with Gasteiger partial charge in [0.25, 0.3) is 0 Å². The number of ether oxygens (including phenoxy) is 3. The highest BCUT2D eigenvalue weighted by molar-refractivity contribution is 7.80. The molecular weight excluding hydrogens is 538 g/mol. The molecule has 1 fully saturated rings. The first-order chi connectivity index (χ1) is 18.3. The summed E-state index contributed by atoms with van der Waals surface area (Å²) in [5.41, 5.74) is 10.0. The van der Waals surface area contributed by atoms with Gasteiger partial charge in [-0.3, -0.25) is 19.2 Å². The van der Waals surface area contributed by atoms with E-state index < -0.39 is 61.5 Å². The standard InChI is InChI=1S/C6H11NO3S.C5H10N2O2S.C4H9NO2S.C4H8O.H3N.H2O/c1-4(8)7-5(3-11)6(9)10-2;1-3(8)7-4(2-10)5(6)9;1-7-4(6)3(5)2-8;1-2-4-5-3-1;;/h5,11H,3H2,1-2H3,(H,7,8);4,10H,2H2,1H3,(H2,6,9)(H,7,8);3,8H,2,5H2,1H3;1-4H2;1H3;1H2/t5-;4-;3-;;;/m000.../s1/i2*1D3;;;;. The number of nitrogens with two attached hydrogens (primary N) is 2. The summed E-state index contributed by atoms with van der Waals surface area (Å²) in [7, 11) is 2.44. The number of rotatable bonds is 8. The molecule has 0 saturated carbocycles. The first-order valence-corrected chi connectivity index (χ1v) is 11.5. The van der Waals surface area contributed by atoms with Gasteiger partial charge in [0.1, 0.15) is 18.1 Å². The SMILES string of the molecule is C1CCOC1.COC(=O)[C@@H](N)CS.N.O.[2H]C([2H])([2H])C(=O)N[C@@H](CS)C(=O)OC.[2H]C([2H])([2H])C(=O)N[C@@H](CS)C(N)=O. The van der Waals surface area contributed by atoms with Gasteiger partial charge in [0, 0.05) is 52.4 Å². The first-order valence-electron chi connectivity index (χ1n) is 12.6. The van der Waals surface area contributed by atoms with Crippen molar-refractivity contribution in [1.82, 2.24) is 16.8 Å². The molecule has 216 valence electrons. The van der Waals surface area contributed by atoms with E-state index in [4.69, 9.17) is 24.4 Å². The number of esters is 2. The van der Waals surface area contributed by atoms with E-state index in [0.29, 0.717) is 5.75 Å². The summed E-state index contributed by atoms with van der Waals surface area (Å²) in [4.78, 5) is 53.6. The van der Waals surface area contributed by atoms with Gasteiger partial charge in [-0.15, -0.1) is 0 Å². The van der Waals surface area contributed by atoms with E-state index in [9.17, 15) is 24.0 Å². The molecule has 0 aromatic rings. The number of hydrogen-bond acceptors (Lipinski definition) is 13. The summed E-state index contributed by atoms with van der Waals surface area (Å²) in [6.07, 6.45) is 2.56. The topological polar surface area (TPSA) is 256 Å². The molecule has 17 heteroatoms. The molecule has 0 aromatic carbocycles. The van der Waals surface area contributed by atoms with Crippen molar-refractivity contribution in [3.8, 4) is 0 Å². The molecule has 1 rings (SSSR count). The van der Waals surface area contributed by atoms with Crippen LogP contribution in [0.4, 0.5) is 0 Å². The van der Waals surface area contributed by atoms with E-state index in [1.165, 1.54) is 20.0 Å². The van der Waals surface area contributed by atoms with Gasteiger partial charge in [-0.25, -0.2) is 4.79 Å². The third-order valence-electron chi connectivity index (χ3n) is 3.33. The van der Waals surface area contributed by atoms with E-state index in [0.717, 1.165) is 20.3 Å². The minimum Gasteiger partial charge on any atom is -0.468 e. The van der Waals surface area contributed by atoms with Crippen LogP contribution in [0.1, 0.15) is 34.8 Å². The zero-order valence-electron chi connectivity index (χ0n) is 26.2. The largest absolute Gasteiger partial charge is 0.468 e. The molecule has 0 radical (unpaired) electrons. The van der Waals surface area contributed by atoms with Gasteiger partial charge < -0.3 is 47.9 Å². The van der Waals surface area contributed by atoms with E-state index in [1.807, 2.05) is 10.6 Å². The molecule has 3 amide bonds. The Kier molecular flexibility index (Phi) is 24.9. The maximum atomic E-state index is 10.9. The van der Waals surface area contributed by atoms with Crippen LogP contribution in [0.15, 0.2) is 0 Å². The third-order valence-corrected chi connectivity index (χ3v) is 4.46. The summed E-state index contributed by atoms with van der Waals surface area (Å²) < 4.78 is 53.9. The van der Waals surface area contributed by atoms with Crippen LogP contribution in [0.2, 0.25) is 0 Å². The summed E-state index contributed by atoms with van der Waals surface area (Å²) >= 11 is 11.3. The Labute approximate surface area is 237 Å². The Morgan fingerprint density at radius 2 is 1.31 bits per heavy atom. The quantitative estimate of drug-likeness (QED) is 0.115. The number of amides is 3. The fourth-order valence-electron chi connectivity index (χ4n) is 1.58. The minimum atomic E-state index is -2.77. The number of thiol groups is 3. The third kappa shape index (κ3) is 28.5. The van der Waals surface area contributed by atoms with Gasteiger partial charge in [-0.05, 0) is 12.8 Å².